The Morgan fingerprint density at radius 2 is 2.48 bits per heavy atom. The van der Waals surface area contributed by atoms with Crippen LogP contribution in [0.4, 0.5) is 5.95 Å². The molecule has 1 aliphatic heterocycles. The molecule has 1 fully saturated rings. The molecule has 9 heteroatoms. The van der Waals surface area contributed by atoms with Crippen molar-refractivity contribution in [1.82, 2.24) is 19.5 Å². The van der Waals surface area contributed by atoms with Gasteiger partial charge in [-0.05, 0) is 0 Å². The zero-order valence-corrected chi connectivity index (χ0v) is 11.7. The Bertz CT molecular complexity index is 794. The number of imidazole rings is 1. The molecule has 3 rings (SSSR count). The van der Waals surface area contributed by atoms with Gasteiger partial charge in [0.2, 0.25) is 5.95 Å². The largest absolute Gasteiger partial charge is 0.394 e. The van der Waals surface area contributed by atoms with E-state index >= 15 is 0 Å². The average molecular weight is 307 g/mol. The smallest absolute Gasteiger partial charge is 0.280 e. The first-order valence-corrected chi connectivity index (χ1v) is 7.05. The van der Waals surface area contributed by atoms with E-state index in [0.717, 1.165) is 0 Å². The van der Waals surface area contributed by atoms with Crippen LogP contribution in [0.5, 0.6) is 0 Å². The Hall–Kier alpha value is -2.02. The highest BCUT2D eigenvalue weighted by Gasteiger charge is 2.47. The van der Waals surface area contributed by atoms with Gasteiger partial charge in [0.25, 0.3) is 5.56 Å². The minimum atomic E-state index is -1.06. The maximum atomic E-state index is 11.8. The van der Waals surface area contributed by atoms with E-state index in [4.69, 9.17) is 12.2 Å². The second-order valence-corrected chi connectivity index (χ2v) is 6.30. The summed E-state index contributed by atoms with van der Waals surface area (Å²) >= 11 is 1.24. The Labute approximate surface area is 123 Å². The molecule has 0 radical (unpaired) electrons. The molecule has 1 saturated heterocycles. The zero-order valence-electron chi connectivity index (χ0n) is 10.9. The van der Waals surface area contributed by atoms with Crippen LogP contribution in [-0.2, 0) is 0 Å². The fourth-order valence-corrected chi connectivity index (χ4v) is 3.82. The van der Waals surface area contributed by atoms with Gasteiger partial charge in [0.1, 0.15) is 4.75 Å². The van der Waals surface area contributed by atoms with E-state index in [-0.39, 0.29) is 23.4 Å². The fourth-order valence-electron chi connectivity index (χ4n) is 2.39. The number of hydrogen-bond donors (Lipinski definition) is 4. The summed E-state index contributed by atoms with van der Waals surface area (Å²) in [4.78, 5) is 22.2. The van der Waals surface area contributed by atoms with E-state index in [9.17, 15) is 15.0 Å². The number of thioether (sulfide) groups is 1. The first-order valence-electron chi connectivity index (χ1n) is 6.17. The van der Waals surface area contributed by atoms with Crippen molar-refractivity contribution < 1.29 is 10.2 Å². The number of anilines is 1. The number of aromatic nitrogens is 4. The van der Waals surface area contributed by atoms with Gasteiger partial charge in [0.15, 0.2) is 11.2 Å². The van der Waals surface area contributed by atoms with Gasteiger partial charge in [-0.25, -0.2) is 4.98 Å². The number of nitrogens with two attached hydrogens (primary N) is 1. The lowest BCUT2D eigenvalue weighted by atomic mass is 10.0. The first kappa shape index (κ1) is 13.9. The van der Waals surface area contributed by atoms with Crippen molar-refractivity contribution in [3.8, 4) is 12.3 Å². The van der Waals surface area contributed by atoms with Crippen LogP contribution in [0.2, 0.25) is 0 Å². The molecule has 1 aliphatic rings. The Kier molecular flexibility index (Phi) is 3.16. The lowest BCUT2D eigenvalue weighted by Crippen LogP contribution is -2.36. The van der Waals surface area contributed by atoms with E-state index in [1.54, 1.807) is 4.57 Å². The van der Waals surface area contributed by atoms with Crippen LogP contribution in [0.3, 0.4) is 0 Å². The van der Waals surface area contributed by atoms with Crippen LogP contribution in [-0.4, -0.2) is 47.2 Å². The van der Waals surface area contributed by atoms with Crippen molar-refractivity contribution in [3.05, 3.63) is 16.7 Å². The highest BCUT2D eigenvalue weighted by atomic mass is 32.2. The first-order chi connectivity index (χ1) is 10.0. The van der Waals surface area contributed by atoms with Crippen molar-refractivity contribution in [3.63, 3.8) is 0 Å². The SMILES string of the molecule is C#C[C@]1(CO)S[C@@H](n2cnc3c(=O)[nH]c(N)nc32)C[C@@H]1O. The number of nitrogens with zero attached hydrogens (tertiary/aromatic N) is 3. The van der Waals surface area contributed by atoms with Crippen LogP contribution in [0.25, 0.3) is 11.2 Å². The molecule has 21 heavy (non-hydrogen) atoms. The molecule has 2 aromatic heterocycles. The number of aliphatic hydroxyl groups is 2. The van der Waals surface area contributed by atoms with E-state index in [1.807, 2.05) is 0 Å². The maximum absolute atomic E-state index is 11.8. The van der Waals surface area contributed by atoms with E-state index in [2.05, 4.69) is 20.9 Å². The van der Waals surface area contributed by atoms with Crippen molar-refractivity contribution in [2.24, 2.45) is 0 Å². The number of aliphatic hydroxyl groups excluding tert-OH is 2. The molecule has 110 valence electrons. The molecule has 3 heterocycles. The minimum Gasteiger partial charge on any atom is -0.394 e. The standard InChI is InChI=1S/C12H13N5O3S/c1-2-12(4-18)6(19)3-7(21-12)17-5-14-8-9(17)15-11(13)16-10(8)20/h1,5-7,18-19H,3-4H2,(H3,13,15,16,20)/t6-,7+,12+/m0/s1. The van der Waals surface area contributed by atoms with E-state index < -0.39 is 16.4 Å². The van der Waals surface area contributed by atoms with Crippen molar-refractivity contribution in [1.29, 1.82) is 0 Å². The van der Waals surface area contributed by atoms with Gasteiger partial charge in [-0.1, -0.05) is 5.92 Å². The highest BCUT2D eigenvalue weighted by molar-refractivity contribution is 8.01. The maximum Gasteiger partial charge on any atom is 0.280 e. The van der Waals surface area contributed by atoms with Gasteiger partial charge in [-0.2, -0.15) is 4.98 Å². The number of fused-ring (bicyclic) bond motifs is 1. The second-order valence-electron chi connectivity index (χ2n) is 4.79. The molecular weight excluding hydrogens is 294 g/mol. The van der Waals surface area contributed by atoms with Crippen molar-refractivity contribution in [2.75, 3.05) is 12.3 Å². The third kappa shape index (κ3) is 1.99. The van der Waals surface area contributed by atoms with Crippen LogP contribution in [0, 0.1) is 12.3 Å². The van der Waals surface area contributed by atoms with E-state index in [0.29, 0.717) is 12.1 Å². The number of hydrogen-bond acceptors (Lipinski definition) is 7. The number of rotatable bonds is 2. The molecule has 0 amide bonds. The summed E-state index contributed by atoms with van der Waals surface area (Å²) in [5, 5.41) is 19.3. The van der Waals surface area contributed by atoms with Crippen LogP contribution >= 0.6 is 11.8 Å². The van der Waals surface area contributed by atoms with Gasteiger partial charge < -0.3 is 20.5 Å². The predicted molar refractivity (Wildman–Crippen MR) is 78.5 cm³/mol. The van der Waals surface area contributed by atoms with Crippen molar-refractivity contribution >= 4 is 28.9 Å². The van der Waals surface area contributed by atoms with E-state index in [1.165, 1.54) is 18.1 Å². The minimum absolute atomic E-state index is 0.0110. The number of terminal acetylenes is 1. The molecular formula is C12H13N5O3S. The van der Waals surface area contributed by atoms with Gasteiger partial charge in [0, 0.05) is 6.42 Å². The predicted octanol–water partition coefficient (Wildman–Crippen LogP) is -0.938. The lowest BCUT2D eigenvalue weighted by Gasteiger charge is -2.22. The van der Waals surface area contributed by atoms with Gasteiger partial charge in [-0.3, -0.25) is 9.78 Å². The number of aromatic amines is 1. The number of nitrogens with one attached hydrogen (secondary N) is 1. The molecule has 0 aromatic carbocycles. The molecule has 0 aliphatic carbocycles. The summed E-state index contributed by atoms with van der Waals surface area (Å²) in [6, 6.07) is 0. The topological polar surface area (TPSA) is 130 Å². The molecule has 3 atom stereocenters. The summed E-state index contributed by atoms with van der Waals surface area (Å²) in [5.74, 6) is 2.44. The summed E-state index contributed by atoms with van der Waals surface area (Å²) in [6.45, 7) is -0.339. The Morgan fingerprint density at radius 3 is 3.10 bits per heavy atom. The van der Waals surface area contributed by atoms with Gasteiger partial charge in [-0.15, -0.1) is 18.2 Å². The molecule has 0 unspecified atom stereocenters. The highest BCUT2D eigenvalue weighted by Crippen LogP contribution is 2.49. The third-order valence-electron chi connectivity index (χ3n) is 3.55. The summed E-state index contributed by atoms with van der Waals surface area (Å²) < 4.78 is 0.581. The summed E-state index contributed by atoms with van der Waals surface area (Å²) in [5.41, 5.74) is 5.62. The molecule has 2 aromatic rings. The molecule has 5 N–H and O–H groups in total. The molecule has 0 bridgehead atoms. The Balaban J connectivity index is 2.07. The lowest BCUT2D eigenvalue weighted by molar-refractivity contribution is 0.114. The molecule has 0 spiro atoms. The second kappa shape index (κ2) is 4.77. The zero-order chi connectivity index (χ0) is 15.2. The normalized spacial score (nSPS) is 28.8. The summed E-state index contributed by atoms with van der Waals surface area (Å²) in [6.07, 6.45) is 6.35. The quantitative estimate of drug-likeness (QED) is 0.527. The molecule has 8 nitrogen and oxygen atoms in total. The van der Waals surface area contributed by atoms with Crippen LogP contribution in [0.1, 0.15) is 11.8 Å². The number of nitrogen functional groups attached to an aromatic ring is 1. The van der Waals surface area contributed by atoms with Gasteiger partial charge >= 0.3 is 0 Å². The average Bonchev–Trinajstić information content (AvgIpc) is 3.00. The monoisotopic (exact) mass is 307 g/mol. The van der Waals surface area contributed by atoms with Crippen LogP contribution in [0.15, 0.2) is 11.1 Å². The van der Waals surface area contributed by atoms with Crippen LogP contribution < -0.4 is 11.3 Å². The Morgan fingerprint density at radius 1 is 1.71 bits per heavy atom. The third-order valence-corrected chi connectivity index (χ3v) is 5.18. The number of H-pyrrole nitrogens is 1. The fraction of sp³-hybridized carbons (Fsp3) is 0.417. The summed E-state index contributed by atoms with van der Waals surface area (Å²) in [7, 11) is 0. The van der Waals surface area contributed by atoms with Crippen molar-refractivity contribution in [2.45, 2.75) is 22.6 Å². The van der Waals surface area contributed by atoms with Gasteiger partial charge in [0.05, 0.1) is 24.4 Å². The molecule has 0 saturated carbocycles.